The van der Waals surface area contributed by atoms with E-state index in [-0.39, 0.29) is 7.43 Å². The standard InChI is InChI=1S/C9H11Br.C9H12.C5H12.CH4/c10-8-4-7-9-5-2-1-3-6-9;1-2-6-9-7-4-3-5-8-9;1-3-5-4-2;/h1-3,5-6H,4,7-8H2;3-5,7-8H,2,6H2,1H3;3-5H2,1-2H3;1H4. The fourth-order valence-electron chi connectivity index (χ4n) is 2.20. The zero-order chi connectivity index (χ0) is 17.9. The number of hydrogen-bond donors (Lipinski definition) is 0. The summed E-state index contributed by atoms with van der Waals surface area (Å²) in [5, 5.41) is 1.10. The average Bonchev–Trinajstić information content (AvgIpc) is 2.64. The van der Waals surface area contributed by atoms with Crippen LogP contribution in [0.1, 0.15) is 71.4 Å². The Morgan fingerprint density at radius 2 is 1.04 bits per heavy atom. The average molecular weight is 407 g/mol. The van der Waals surface area contributed by atoms with E-state index < -0.39 is 0 Å². The second-order valence-electron chi connectivity index (χ2n) is 5.87. The van der Waals surface area contributed by atoms with Crippen LogP contribution >= 0.6 is 15.9 Å². The van der Waals surface area contributed by atoms with Gasteiger partial charge in [-0.25, -0.2) is 0 Å². The number of alkyl halides is 1. The predicted molar refractivity (Wildman–Crippen MR) is 121 cm³/mol. The van der Waals surface area contributed by atoms with E-state index in [2.05, 4.69) is 97.4 Å². The molecule has 0 fully saturated rings. The van der Waals surface area contributed by atoms with Crippen LogP contribution in [0.5, 0.6) is 0 Å². The Morgan fingerprint density at radius 1 is 0.600 bits per heavy atom. The van der Waals surface area contributed by atoms with Gasteiger partial charge in [0, 0.05) is 5.33 Å². The molecule has 0 bridgehead atoms. The number of hydrogen-bond acceptors (Lipinski definition) is 0. The molecule has 0 N–H and O–H groups in total. The minimum absolute atomic E-state index is 0. The smallest absolute Gasteiger partial charge is 0.00344 e. The Kier molecular flexibility index (Phi) is 21.9. The van der Waals surface area contributed by atoms with Crippen LogP contribution in [0.2, 0.25) is 0 Å². The molecule has 0 atom stereocenters. The minimum Gasteiger partial charge on any atom is -0.0928 e. The van der Waals surface area contributed by atoms with E-state index in [1.807, 2.05) is 0 Å². The molecule has 2 aromatic carbocycles. The van der Waals surface area contributed by atoms with Crippen molar-refractivity contribution < 1.29 is 0 Å². The fraction of sp³-hybridized carbons (Fsp3) is 0.500. The zero-order valence-corrected chi connectivity index (χ0v) is 17.4. The van der Waals surface area contributed by atoms with Crippen LogP contribution < -0.4 is 0 Å². The molecule has 0 unspecified atom stereocenters. The van der Waals surface area contributed by atoms with Gasteiger partial charge in [0.25, 0.3) is 0 Å². The molecule has 0 aliphatic carbocycles. The Hall–Kier alpha value is -1.08. The predicted octanol–water partition coefficient (Wildman–Crippen LogP) is 8.49. The lowest BCUT2D eigenvalue weighted by Gasteiger charge is -1.95. The Labute approximate surface area is 166 Å². The summed E-state index contributed by atoms with van der Waals surface area (Å²) in [7, 11) is 0. The first-order chi connectivity index (χ1) is 11.8. The second kappa shape index (κ2) is 21.0. The van der Waals surface area contributed by atoms with Crippen LogP contribution in [0.15, 0.2) is 60.7 Å². The van der Waals surface area contributed by atoms with E-state index in [0.29, 0.717) is 0 Å². The molecule has 0 aromatic heterocycles. The molecule has 0 nitrogen and oxygen atoms in total. The van der Waals surface area contributed by atoms with Crippen molar-refractivity contribution in [1.29, 1.82) is 0 Å². The molecule has 0 aliphatic rings. The van der Waals surface area contributed by atoms with Gasteiger partial charge in [0.2, 0.25) is 0 Å². The largest absolute Gasteiger partial charge is 0.0928 e. The molecule has 0 heterocycles. The number of unbranched alkanes of at least 4 members (excludes halogenated alkanes) is 2. The van der Waals surface area contributed by atoms with Crippen LogP contribution in [0.3, 0.4) is 0 Å². The van der Waals surface area contributed by atoms with Crippen molar-refractivity contribution in [3.8, 4) is 0 Å². The van der Waals surface area contributed by atoms with Crippen molar-refractivity contribution in [2.75, 3.05) is 5.33 Å². The summed E-state index contributed by atoms with van der Waals surface area (Å²) in [5.74, 6) is 0. The molecular weight excluding hydrogens is 368 g/mol. The third-order valence-corrected chi connectivity index (χ3v) is 4.09. The topological polar surface area (TPSA) is 0 Å². The Balaban J connectivity index is 0. The highest BCUT2D eigenvalue weighted by Gasteiger charge is 1.88. The zero-order valence-electron chi connectivity index (χ0n) is 15.8. The Morgan fingerprint density at radius 3 is 1.36 bits per heavy atom. The number of benzene rings is 2. The number of aryl methyl sites for hydroxylation is 2. The van der Waals surface area contributed by atoms with Gasteiger partial charge in [-0.05, 0) is 30.4 Å². The van der Waals surface area contributed by atoms with Gasteiger partial charge in [-0.2, -0.15) is 0 Å². The summed E-state index contributed by atoms with van der Waals surface area (Å²) in [4.78, 5) is 0. The normalized spacial score (nSPS) is 8.96. The van der Waals surface area contributed by atoms with Gasteiger partial charge in [-0.3, -0.25) is 0 Å². The summed E-state index contributed by atoms with van der Waals surface area (Å²) < 4.78 is 0. The van der Waals surface area contributed by atoms with Crippen molar-refractivity contribution in [3.05, 3.63) is 71.8 Å². The summed E-state index contributed by atoms with van der Waals surface area (Å²) in [6.07, 6.45) is 8.94. The maximum Gasteiger partial charge on any atom is 0.00344 e. The summed E-state index contributed by atoms with van der Waals surface area (Å²) >= 11 is 3.41. The molecule has 142 valence electrons. The van der Waals surface area contributed by atoms with Gasteiger partial charge in [0.05, 0.1) is 0 Å². The first-order valence-corrected chi connectivity index (χ1v) is 10.5. The number of halogens is 1. The van der Waals surface area contributed by atoms with E-state index in [1.165, 1.54) is 56.1 Å². The van der Waals surface area contributed by atoms with Crippen LogP contribution in [0, 0.1) is 0 Å². The SMILES string of the molecule is BrCCCc1ccccc1.C.CCCCC.CCCc1ccccc1. The monoisotopic (exact) mass is 406 g/mol. The van der Waals surface area contributed by atoms with Crippen LogP contribution in [-0.2, 0) is 12.8 Å². The lowest BCUT2D eigenvalue weighted by Crippen LogP contribution is -1.83. The molecule has 0 saturated heterocycles. The van der Waals surface area contributed by atoms with Crippen molar-refractivity contribution >= 4 is 15.9 Å². The molecule has 25 heavy (non-hydrogen) atoms. The quantitative estimate of drug-likeness (QED) is 0.404. The van der Waals surface area contributed by atoms with Crippen molar-refractivity contribution in [1.82, 2.24) is 0 Å². The number of rotatable bonds is 7. The fourth-order valence-corrected chi connectivity index (χ4v) is 2.48. The van der Waals surface area contributed by atoms with Crippen LogP contribution in [0.4, 0.5) is 0 Å². The molecule has 0 amide bonds. The van der Waals surface area contributed by atoms with E-state index in [0.717, 1.165) is 5.33 Å². The van der Waals surface area contributed by atoms with Gasteiger partial charge in [-0.1, -0.05) is 130 Å². The third-order valence-electron chi connectivity index (χ3n) is 3.53. The van der Waals surface area contributed by atoms with Crippen LogP contribution in [-0.4, -0.2) is 5.33 Å². The van der Waals surface area contributed by atoms with E-state index >= 15 is 0 Å². The van der Waals surface area contributed by atoms with Crippen LogP contribution in [0.25, 0.3) is 0 Å². The molecule has 1 heteroatoms. The molecule has 0 radical (unpaired) electrons. The summed E-state index contributed by atoms with van der Waals surface area (Å²) in [6.45, 7) is 6.62. The molecule has 0 spiro atoms. The van der Waals surface area contributed by atoms with Crippen molar-refractivity contribution in [3.63, 3.8) is 0 Å². The minimum atomic E-state index is 0. The Bertz CT molecular complexity index is 448. The van der Waals surface area contributed by atoms with Gasteiger partial charge in [-0.15, -0.1) is 0 Å². The second-order valence-corrected chi connectivity index (χ2v) is 6.66. The first kappa shape index (κ1) is 26.2. The third kappa shape index (κ3) is 17.5. The van der Waals surface area contributed by atoms with Crippen molar-refractivity contribution in [2.45, 2.75) is 73.1 Å². The highest BCUT2D eigenvalue weighted by molar-refractivity contribution is 9.09. The maximum absolute atomic E-state index is 3.41. The lowest BCUT2D eigenvalue weighted by atomic mass is 10.1. The molecule has 2 aromatic rings. The van der Waals surface area contributed by atoms with Crippen molar-refractivity contribution in [2.24, 2.45) is 0 Å². The molecule has 0 saturated carbocycles. The molecular formula is C24H39Br. The van der Waals surface area contributed by atoms with E-state index in [9.17, 15) is 0 Å². The first-order valence-electron chi connectivity index (χ1n) is 9.42. The highest BCUT2D eigenvalue weighted by atomic mass is 79.9. The highest BCUT2D eigenvalue weighted by Crippen LogP contribution is 2.03. The maximum atomic E-state index is 3.41. The van der Waals surface area contributed by atoms with Gasteiger partial charge >= 0.3 is 0 Å². The van der Waals surface area contributed by atoms with Gasteiger partial charge in [0.1, 0.15) is 0 Å². The van der Waals surface area contributed by atoms with Gasteiger partial charge in [0.15, 0.2) is 0 Å². The van der Waals surface area contributed by atoms with E-state index in [1.54, 1.807) is 0 Å². The molecule has 2 rings (SSSR count). The summed E-state index contributed by atoms with van der Waals surface area (Å²) in [6, 6.07) is 21.1. The molecule has 0 aliphatic heterocycles. The van der Waals surface area contributed by atoms with Gasteiger partial charge < -0.3 is 0 Å². The summed E-state index contributed by atoms with van der Waals surface area (Å²) in [5.41, 5.74) is 2.88. The van der Waals surface area contributed by atoms with E-state index in [4.69, 9.17) is 0 Å². The lowest BCUT2D eigenvalue weighted by molar-refractivity contribution is 0.772.